The van der Waals surface area contributed by atoms with Crippen molar-refractivity contribution in [2.75, 3.05) is 16.3 Å². The van der Waals surface area contributed by atoms with Crippen LogP contribution in [0.25, 0.3) is 22.6 Å². The molecule has 0 atom stereocenters. The summed E-state index contributed by atoms with van der Waals surface area (Å²) < 4.78 is 28.9. The molecule has 0 aliphatic rings. The zero-order valence-electron chi connectivity index (χ0n) is 18.9. The summed E-state index contributed by atoms with van der Waals surface area (Å²) in [5.74, 6) is 0.0524. The second kappa shape index (κ2) is 8.69. The molecular formula is C24H21N7O3S. The summed E-state index contributed by atoms with van der Waals surface area (Å²) in [6.45, 7) is 1.99. The van der Waals surface area contributed by atoms with E-state index in [9.17, 15) is 13.2 Å². The molecule has 1 amide bonds. The van der Waals surface area contributed by atoms with Gasteiger partial charge in [-0.3, -0.25) is 9.52 Å². The summed E-state index contributed by atoms with van der Waals surface area (Å²) in [6.07, 6.45) is 5.87. The molecule has 0 aliphatic carbocycles. The van der Waals surface area contributed by atoms with Crippen LogP contribution in [0.1, 0.15) is 15.9 Å². The summed E-state index contributed by atoms with van der Waals surface area (Å²) in [5, 5.41) is 11.8. The van der Waals surface area contributed by atoms with Crippen LogP contribution in [0, 0.1) is 6.92 Å². The SMILES string of the molecule is Cc1ccc(-n2nc(-c3cccc(NS(C)(=O)=O)c3)cc2NC(=O)c2cnn3cccnc23)cc1. The third-order valence-electron chi connectivity index (χ3n) is 5.22. The quantitative estimate of drug-likeness (QED) is 0.378. The fourth-order valence-electron chi connectivity index (χ4n) is 3.62. The molecule has 0 saturated carbocycles. The van der Waals surface area contributed by atoms with Gasteiger partial charge in [-0.25, -0.2) is 22.6 Å². The van der Waals surface area contributed by atoms with Gasteiger partial charge in [-0.1, -0.05) is 29.8 Å². The lowest BCUT2D eigenvalue weighted by Gasteiger charge is -2.08. The number of hydrogen-bond donors (Lipinski definition) is 2. The van der Waals surface area contributed by atoms with E-state index in [1.807, 2.05) is 37.3 Å². The van der Waals surface area contributed by atoms with Gasteiger partial charge >= 0.3 is 0 Å². The fourth-order valence-corrected chi connectivity index (χ4v) is 4.18. The number of fused-ring (bicyclic) bond motifs is 1. The summed E-state index contributed by atoms with van der Waals surface area (Å²) in [5.41, 5.74) is 4.24. The Bertz CT molecular complexity index is 1650. The van der Waals surface area contributed by atoms with Gasteiger partial charge in [-0.2, -0.15) is 10.2 Å². The zero-order chi connectivity index (χ0) is 24.6. The van der Waals surface area contributed by atoms with Crippen molar-refractivity contribution in [1.82, 2.24) is 24.4 Å². The van der Waals surface area contributed by atoms with Gasteiger partial charge in [0.1, 0.15) is 11.4 Å². The number of rotatable bonds is 6. The Morgan fingerprint density at radius 1 is 1.03 bits per heavy atom. The Labute approximate surface area is 201 Å². The lowest BCUT2D eigenvalue weighted by atomic mass is 10.1. The van der Waals surface area contributed by atoms with Crippen LogP contribution in [0.3, 0.4) is 0 Å². The van der Waals surface area contributed by atoms with E-state index in [1.165, 1.54) is 10.7 Å². The van der Waals surface area contributed by atoms with Crippen LogP contribution in [0.4, 0.5) is 11.5 Å². The first kappa shape index (κ1) is 22.3. The van der Waals surface area contributed by atoms with E-state index in [4.69, 9.17) is 5.10 Å². The Morgan fingerprint density at radius 2 is 1.83 bits per heavy atom. The lowest BCUT2D eigenvalue weighted by Crippen LogP contribution is -2.15. The van der Waals surface area contributed by atoms with Gasteiger partial charge < -0.3 is 5.32 Å². The maximum absolute atomic E-state index is 13.2. The first-order valence-electron chi connectivity index (χ1n) is 10.6. The molecule has 0 saturated heterocycles. The third kappa shape index (κ3) is 4.75. The molecule has 2 aromatic carbocycles. The molecular weight excluding hydrogens is 466 g/mol. The number of nitrogens with one attached hydrogen (secondary N) is 2. The van der Waals surface area contributed by atoms with Crippen LogP contribution in [0.15, 0.2) is 79.3 Å². The number of anilines is 2. The smallest absolute Gasteiger partial charge is 0.262 e. The van der Waals surface area contributed by atoms with E-state index >= 15 is 0 Å². The molecule has 2 N–H and O–H groups in total. The van der Waals surface area contributed by atoms with Crippen molar-refractivity contribution >= 4 is 33.1 Å². The Balaban J connectivity index is 1.55. The predicted octanol–water partition coefficient (Wildman–Crippen LogP) is 3.51. The number of hydrogen-bond acceptors (Lipinski definition) is 6. The molecule has 0 radical (unpaired) electrons. The summed E-state index contributed by atoms with van der Waals surface area (Å²) in [6, 6.07) is 18.1. The second-order valence-electron chi connectivity index (χ2n) is 8.02. The highest BCUT2D eigenvalue weighted by Crippen LogP contribution is 2.27. The molecule has 5 aromatic rings. The number of benzene rings is 2. The van der Waals surface area contributed by atoms with Crippen LogP contribution in [-0.4, -0.2) is 45.0 Å². The Morgan fingerprint density at radius 3 is 2.60 bits per heavy atom. The van der Waals surface area contributed by atoms with Crippen LogP contribution in [-0.2, 0) is 10.0 Å². The van der Waals surface area contributed by atoms with Gasteiger partial charge in [0.05, 0.1) is 23.8 Å². The maximum Gasteiger partial charge on any atom is 0.262 e. The Kier molecular flexibility index (Phi) is 5.53. The van der Waals surface area contributed by atoms with Crippen molar-refractivity contribution in [3.05, 3.63) is 90.4 Å². The van der Waals surface area contributed by atoms with E-state index < -0.39 is 10.0 Å². The van der Waals surface area contributed by atoms with Crippen LogP contribution in [0.5, 0.6) is 0 Å². The van der Waals surface area contributed by atoms with Crippen molar-refractivity contribution in [1.29, 1.82) is 0 Å². The van der Waals surface area contributed by atoms with E-state index in [1.54, 1.807) is 47.4 Å². The van der Waals surface area contributed by atoms with Gasteiger partial charge in [-0.05, 0) is 37.3 Å². The minimum absolute atomic E-state index is 0.322. The van der Waals surface area contributed by atoms with Crippen molar-refractivity contribution in [2.45, 2.75) is 6.92 Å². The summed E-state index contributed by atoms with van der Waals surface area (Å²) in [4.78, 5) is 17.4. The van der Waals surface area contributed by atoms with Crippen molar-refractivity contribution in [3.8, 4) is 16.9 Å². The number of carbonyl (C=O) groups is 1. The van der Waals surface area contributed by atoms with Crippen LogP contribution in [0.2, 0.25) is 0 Å². The molecule has 176 valence electrons. The molecule has 0 aliphatic heterocycles. The molecule has 0 fully saturated rings. The largest absolute Gasteiger partial charge is 0.306 e. The van der Waals surface area contributed by atoms with E-state index in [2.05, 4.69) is 20.1 Å². The van der Waals surface area contributed by atoms with Gasteiger partial charge in [0, 0.05) is 29.7 Å². The molecule has 0 spiro atoms. The third-order valence-corrected chi connectivity index (χ3v) is 5.82. The normalized spacial score (nSPS) is 11.5. The first-order chi connectivity index (χ1) is 16.8. The van der Waals surface area contributed by atoms with E-state index in [0.29, 0.717) is 34.0 Å². The number of nitrogens with zero attached hydrogens (tertiary/aromatic N) is 5. The second-order valence-corrected chi connectivity index (χ2v) is 9.77. The number of amides is 1. The molecule has 3 aromatic heterocycles. The molecule has 3 heterocycles. The first-order valence-corrected chi connectivity index (χ1v) is 12.5. The van der Waals surface area contributed by atoms with Gasteiger partial charge in [0.25, 0.3) is 5.91 Å². The topological polar surface area (TPSA) is 123 Å². The Hall–Kier alpha value is -4.51. The van der Waals surface area contributed by atoms with Crippen molar-refractivity contribution in [3.63, 3.8) is 0 Å². The van der Waals surface area contributed by atoms with Crippen LogP contribution >= 0.6 is 0 Å². The molecule has 0 unspecified atom stereocenters. The maximum atomic E-state index is 13.2. The summed E-state index contributed by atoms with van der Waals surface area (Å²) >= 11 is 0. The molecule has 11 heteroatoms. The van der Waals surface area contributed by atoms with E-state index in [0.717, 1.165) is 17.5 Å². The number of aromatic nitrogens is 5. The minimum Gasteiger partial charge on any atom is -0.306 e. The van der Waals surface area contributed by atoms with Gasteiger partial charge in [0.2, 0.25) is 10.0 Å². The monoisotopic (exact) mass is 487 g/mol. The average molecular weight is 488 g/mol. The molecule has 10 nitrogen and oxygen atoms in total. The molecule has 35 heavy (non-hydrogen) atoms. The highest BCUT2D eigenvalue weighted by atomic mass is 32.2. The fraction of sp³-hybridized carbons (Fsp3) is 0.0833. The zero-order valence-corrected chi connectivity index (χ0v) is 19.7. The predicted molar refractivity (Wildman–Crippen MR) is 133 cm³/mol. The number of carbonyl (C=O) groups excluding carboxylic acids is 1. The number of aryl methyl sites for hydroxylation is 1. The van der Waals surface area contributed by atoms with Crippen LogP contribution < -0.4 is 10.0 Å². The average Bonchev–Trinajstić information content (AvgIpc) is 3.43. The van der Waals surface area contributed by atoms with Crippen molar-refractivity contribution < 1.29 is 13.2 Å². The minimum atomic E-state index is -3.43. The highest BCUT2D eigenvalue weighted by molar-refractivity contribution is 7.92. The molecule has 5 rings (SSSR count). The standard InChI is InChI=1S/C24H21N7O3S/c1-16-7-9-19(10-8-16)31-22(27-24(32)20-15-26-30-12-4-11-25-23(20)30)14-21(28-31)17-5-3-6-18(13-17)29-35(2,33)34/h3-15,29H,1-2H3,(H,27,32). The van der Waals surface area contributed by atoms with Crippen molar-refractivity contribution in [2.24, 2.45) is 0 Å². The number of sulfonamides is 1. The van der Waals surface area contributed by atoms with Gasteiger partial charge in [-0.15, -0.1) is 0 Å². The van der Waals surface area contributed by atoms with E-state index in [-0.39, 0.29) is 5.91 Å². The van der Waals surface area contributed by atoms with Gasteiger partial charge in [0.15, 0.2) is 5.65 Å². The summed E-state index contributed by atoms with van der Waals surface area (Å²) in [7, 11) is -3.43. The lowest BCUT2D eigenvalue weighted by molar-refractivity contribution is 0.102. The highest BCUT2D eigenvalue weighted by Gasteiger charge is 2.18. The molecule has 0 bridgehead atoms.